The van der Waals surface area contributed by atoms with Gasteiger partial charge in [-0.25, -0.2) is 0 Å². The quantitative estimate of drug-likeness (QED) is 0.596. The van der Waals surface area contributed by atoms with Crippen LogP contribution in [0.4, 0.5) is 0 Å². The summed E-state index contributed by atoms with van der Waals surface area (Å²) in [4.78, 5) is 0. The molecule has 0 aromatic carbocycles. The van der Waals surface area contributed by atoms with Gasteiger partial charge in [0.25, 0.3) is 0 Å². The normalized spacial score (nSPS) is 17.2. The number of thioether (sulfide) groups is 1. The summed E-state index contributed by atoms with van der Waals surface area (Å²) < 4.78 is 0. The van der Waals surface area contributed by atoms with Crippen LogP contribution in [0.25, 0.3) is 0 Å². The predicted octanol–water partition coefficient (Wildman–Crippen LogP) is 3.80. The summed E-state index contributed by atoms with van der Waals surface area (Å²) in [5, 5.41) is 0. The topological polar surface area (TPSA) is 0 Å². The van der Waals surface area contributed by atoms with E-state index in [1.54, 1.807) is 5.57 Å². The first kappa shape index (κ1) is 9.91. The number of rotatable bonds is 4. The van der Waals surface area contributed by atoms with Gasteiger partial charge in [0.2, 0.25) is 0 Å². The summed E-state index contributed by atoms with van der Waals surface area (Å²) in [6.45, 7) is 2.22. The Labute approximate surface area is 80.1 Å². The first-order valence-corrected chi connectivity index (χ1v) is 6.06. The Morgan fingerprint density at radius 3 is 2.75 bits per heavy atom. The SMILES string of the molecule is CSCCCC1=CC=C(C)CC1. The largest absolute Gasteiger partial charge is 0.165 e. The van der Waals surface area contributed by atoms with Crippen LogP contribution in [-0.2, 0) is 0 Å². The molecule has 12 heavy (non-hydrogen) atoms. The lowest BCUT2D eigenvalue weighted by molar-refractivity contribution is 0.806. The van der Waals surface area contributed by atoms with Gasteiger partial charge in [0.1, 0.15) is 0 Å². The minimum absolute atomic E-state index is 1.28. The average Bonchev–Trinajstić information content (AvgIpc) is 2.09. The van der Waals surface area contributed by atoms with E-state index in [4.69, 9.17) is 0 Å². The summed E-state index contributed by atoms with van der Waals surface area (Å²) in [5.41, 5.74) is 3.18. The van der Waals surface area contributed by atoms with E-state index in [1.165, 1.54) is 37.0 Å². The van der Waals surface area contributed by atoms with E-state index in [1.807, 2.05) is 11.8 Å². The monoisotopic (exact) mass is 182 g/mol. The van der Waals surface area contributed by atoms with Crippen LogP contribution in [0.1, 0.15) is 32.6 Å². The lowest BCUT2D eigenvalue weighted by atomic mass is 9.97. The van der Waals surface area contributed by atoms with Crippen molar-refractivity contribution >= 4 is 11.8 Å². The van der Waals surface area contributed by atoms with Gasteiger partial charge in [-0.1, -0.05) is 23.3 Å². The van der Waals surface area contributed by atoms with Gasteiger partial charge in [-0.15, -0.1) is 0 Å². The standard InChI is InChI=1S/C11H18S/c1-10-5-7-11(8-6-10)4-3-9-12-2/h5,7H,3-4,6,8-9H2,1-2H3. The summed E-state index contributed by atoms with van der Waals surface area (Å²) in [6.07, 6.45) is 12.0. The van der Waals surface area contributed by atoms with Crippen molar-refractivity contribution in [1.82, 2.24) is 0 Å². The summed E-state index contributed by atoms with van der Waals surface area (Å²) in [6, 6.07) is 0. The lowest BCUT2D eigenvalue weighted by Crippen LogP contribution is -1.92. The summed E-state index contributed by atoms with van der Waals surface area (Å²) >= 11 is 1.95. The molecule has 0 aromatic heterocycles. The Balaban J connectivity index is 2.24. The number of allylic oxidation sites excluding steroid dienone is 4. The molecule has 0 saturated carbocycles. The molecule has 0 spiro atoms. The van der Waals surface area contributed by atoms with Crippen LogP contribution in [0.2, 0.25) is 0 Å². The second kappa shape index (κ2) is 5.47. The highest BCUT2D eigenvalue weighted by atomic mass is 32.2. The fourth-order valence-corrected chi connectivity index (χ4v) is 1.87. The molecule has 0 radical (unpaired) electrons. The molecule has 0 amide bonds. The molecule has 0 saturated heterocycles. The van der Waals surface area contributed by atoms with Gasteiger partial charge in [0.05, 0.1) is 0 Å². The molecule has 1 aliphatic rings. The molecule has 0 heterocycles. The van der Waals surface area contributed by atoms with Crippen molar-refractivity contribution in [2.75, 3.05) is 12.0 Å². The van der Waals surface area contributed by atoms with Crippen LogP contribution in [0.5, 0.6) is 0 Å². The molecule has 0 atom stereocenters. The van der Waals surface area contributed by atoms with Crippen molar-refractivity contribution in [3.8, 4) is 0 Å². The Morgan fingerprint density at radius 2 is 2.17 bits per heavy atom. The molecular formula is C11H18S. The summed E-state index contributed by atoms with van der Waals surface area (Å²) in [5.74, 6) is 1.31. The maximum atomic E-state index is 2.32. The van der Waals surface area contributed by atoms with Crippen LogP contribution < -0.4 is 0 Å². The Kier molecular flexibility index (Phi) is 4.52. The molecule has 0 nitrogen and oxygen atoms in total. The van der Waals surface area contributed by atoms with E-state index in [0.29, 0.717) is 0 Å². The molecule has 0 bridgehead atoms. The Morgan fingerprint density at radius 1 is 1.33 bits per heavy atom. The zero-order chi connectivity index (χ0) is 8.81. The third kappa shape index (κ3) is 3.48. The van der Waals surface area contributed by atoms with Crippen molar-refractivity contribution in [3.63, 3.8) is 0 Å². The van der Waals surface area contributed by atoms with Crippen LogP contribution in [0, 0.1) is 0 Å². The van der Waals surface area contributed by atoms with E-state index in [0.717, 1.165) is 0 Å². The molecule has 0 N–H and O–H groups in total. The third-order valence-electron chi connectivity index (χ3n) is 2.29. The minimum Gasteiger partial charge on any atom is -0.165 e. The first-order valence-electron chi connectivity index (χ1n) is 4.67. The molecule has 68 valence electrons. The zero-order valence-electron chi connectivity index (χ0n) is 8.10. The average molecular weight is 182 g/mol. The Bertz CT molecular complexity index is 189. The molecule has 0 unspecified atom stereocenters. The number of hydrogen-bond acceptors (Lipinski definition) is 1. The molecule has 1 aliphatic carbocycles. The van der Waals surface area contributed by atoms with Crippen molar-refractivity contribution in [2.24, 2.45) is 0 Å². The van der Waals surface area contributed by atoms with E-state index < -0.39 is 0 Å². The van der Waals surface area contributed by atoms with E-state index in [9.17, 15) is 0 Å². The molecule has 0 aromatic rings. The van der Waals surface area contributed by atoms with E-state index in [2.05, 4.69) is 25.3 Å². The van der Waals surface area contributed by atoms with Gasteiger partial charge in [0, 0.05) is 0 Å². The van der Waals surface area contributed by atoms with Crippen molar-refractivity contribution in [2.45, 2.75) is 32.6 Å². The highest BCUT2D eigenvalue weighted by Gasteiger charge is 2.02. The minimum atomic E-state index is 1.28. The van der Waals surface area contributed by atoms with Gasteiger partial charge >= 0.3 is 0 Å². The molecule has 0 fully saturated rings. The van der Waals surface area contributed by atoms with Gasteiger partial charge < -0.3 is 0 Å². The van der Waals surface area contributed by atoms with Gasteiger partial charge in [-0.05, 0) is 44.6 Å². The van der Waals surface area contributed by atoms with Crippen molar-refractivity contribution in [1.29, 1.82) is 0 Å². The highest BCUT2D eigenvalue weighted by molar-refractivity contribution is 7.98. The maximum Gasteiger partial charge on any atom is -0.00673 e. The van der Waals surface area contributed by atoms with Gasteiger partial charge in [-0.2, -0.15) is 11.8 Å². The van der Waals surface area contributed by atoms with E-state index in [-0.39, 0.29) is 0 Å². The smallest absolute Gasteiger partial charge is 0.00673 e. The molecule has 1 rings (SSSR count). The lowest BCUT2D eigenvalue weighted by Gasteiger charge is -2.11. The molecule has 0 aliphatic heterocycles. The molecular weight excluding hydrogens is 164 g/mol. The van der Waals surface area contributed by atoms with Crippen LogP contribution in [-0.4, -0.2) is 12.0 Å². The van der Waals surface area contributed by atoms with Crippen LogP contribution in [0.15, 0.2) is 23.3 Å². The first-order chi connectivity index (χ1) is 5.83. The fourth-order valence-electron chi connectivity index (χ4n) is 1.44. The maximum absolute atomic E-state index is 2.32. The second-order valence-electron chi connectivity index (χ2n) is 3.43. The zero-order valence-corrected chi connectivity index (χ0v) is 8.91. The fraction of sp³-hybridized carbons (Fsp3) is 0.636. The van der Waals surface area contributed by atoms with Crippen LogP contribution >= 0.6 is 11.8 Å². The van der Waals surface area contributed by atoms with E-state index >= 15 is 0 Å². The third-order valence-corrected chi connectivity index (χ3v) is 2.99. The summed E-state index contributed by atoms with van der Waals surface area (Å²) in [7, 11) is 0. The predicted molar refractivity (Wildman–Crippen MR) is 58.7 cm³/mol. The van der Waals surface area contributed by atoms with Gasteiger partial charge in [0.15, 0.2) is 0 Å². The number of hydrogen-bond donors (Lipinski definition) is 0. The molecule has 1 heteroatoms. The Hall–Kier alpha value is -0.170. The highest BCUT2D eigenvalue weighted by Crippen LogP contribution is 2.21. The van der Waals surface area contributed by atoms with Crippen molar-refractivity contribution in [3.05, 3.63) is 23.3 Å². The van der Waals surface area contributed by atoms with Crippen LogP contribution in [0.3, 0.4) is 0 Å². The van der Waals surface area contributed by atoms with Gasteiger partial charge in [-0.3, -0.25) is 0 Å². The second-order valence-corrected chi connectivity index (χ2v) is 4.42. The van der Waals surface area contributed by atoms with Crippen molar-refractivity contribution < 1.29 is 0 Å².